The third kappa shape index (κ3) is 2.93. The van der Waals surface area contributed by atoms with E-state index >= 15 is 0 Å². The Morgan fingerprint density at radius 3 is 2.14 bits per heavy atom. The summed E-state index contributed by atoms with van der Waals surface area (Å²) in [5.41, 5.74) is 10.8. The molecule has 0 radical (unpaired) electrons. The second kappa shape index (κ2) is 7.93. The summed E-state index contributed by atoms with van der Waals surface area (Å²) in [6.07, 6.45) is 0. The fourth-order valence-electron chi connectivity index (χ4n) is 7.93. The molecular formula is C41H27NO. The summed E-state index contributed by atoms with van der Waals surface area (Å²) in [7, 11) is 0. The number of nitrogens with zero attached hydrogens (tertiary/aromatic N) is 1. The van der Waals surface area contributed by atoms with Crippen molar-refractivity contribution in [1.29, 1.82) is 0 Å². The number of rotatable bonds is 1. The minimum absolute atomic E-state index is 0.100. The number of hydrogen-bond acceptors (Lipinski definition) is 1. The molecule has 43 heavy (non-hydrogen) atoms. The summed E-state index contributed by atoms with van der Waals surface area (Å²) in [5, 5.41) is 10.0. The van der Waals surface area contributed by atoms with E-state index in [9.17, 15) is 0 Å². The molecule has 1 aliphatic carbocycles. The molecule has 202 valence electrons. The van der Waals surface area contributed by atoms with Gasteiger partial charge in [0.15, 0.2) is 0 Å². The van der Waals surface area contributed by atoms with Crippen LogP contribution in [0.3, 0.4) is 0 Å². The number of para-hydroxylation sites is 1. The smallest absolute Gasteiger partial charge is 0.135 e. The van der Waals surface area contributed by atoms with Crippen LogP contribution < -0.4 is 0 Å². The Kier molecular flexibility index (Phi) is 4.29. The number of furan rings is 1. The normalized spacial score (nSPS) is 14.0. The van der Waals surface area contributed by atoms with Crippen molar-refractivity contribution < 1.29 is 4.42 Å². The van der Waals surface area contributed by atoms with Crippen molar-refractivity contribution in [3.8, 4) is 16.8 Å². The molecule has 0 atom stereocenters. The highest BCUT2D eigenvalue weighted by Crippen LogP contribution is 2.53. The molecule has 0 aliphatic heterocycles. The Hall–Kier alpha value is -5.34. The maximum Gasteiger partial charge on any atom is 0.135 e. The molecule has 1 aliphatic rings. The van der Waals surface area contributed by atoms with Gasteiger partial charge in [-0.15, -0.1) is 0 Å². The summed E-state index contributed by atoms with van der Waals surface area (Å²) in [4.78, 5) is 0. The lowest BCUT2D eigenvalue weighted by Crippen LogP contribution is -2.23. The maximum absolute atomic E-state index is 6.24. The molecule has 2 aromatic heterocycles. The topological polar surface area (TPSA) is 18.1 Å². The van der Waals surface area contributed by atoms with Gasteiger partial charge in [-0.3, -0.25) is 0 Å². The Morgan fingerprint density at radius 2 is 1.23 bits per heavy atom. The molecule has 0 amide bonds. The Bertz CT molecular complexity index is 2650. The van der Waals surface area contributed by atoms with Gasteiger partial charge in [0.05, 0.1) is 11.0 Å². The molecule has 0 bridgehead atoms. The fourth-order valence-corrected chi connectivity index (χ4v) is 7.93. The molecular weight excluding hydrogens is 522 g/mol. The van der Waals surface area contributed by atoms with E-state index in [1.807, 2.05) is 6.07 Å². The van der Waals surface area contributed by atoms with E-state index in [1.54, 1.807) is 0 Å². The summed E-state index contributed by atoms with van der Waals surface area (Å²) in [6.45, 7) is 4.74. The minimum Gasteiger partial charge on any atom is -0.456 e. The minimum atomic E-state index is -0.100. The van der Waals surface area contributed by atoms with Crippen LogP contribution in [0.2, 0.25) is 0 Å². The molecule has 9 aromatic rings. The molecule has 2 heterocycles. The molecule has 0 fully saturated rings. The van der Waals surface area contributed by atoms with Gasteiger partial charge >= 0.3 is 0 Å². The van der Waals surface area contributed by atoms with Crippen LogP contribution in [0, 0.1) is 0 Å². The zero-order valence-corrected chi connectivity index (χ0v) is 24.0. The van der Waals surface area contributed by atoms with E-state index in [1.165, 1.54) is 65.6 Å². The lowest BCUT2D eigenvalue weighted by Gasteiger charge is -2.35. The highest BCUT2D eigenvalue weighted by atomic mass is 16.3. The predicted molar refractivity (Wildman–Crippen MR) is 181 cm³/mol. The van der Waals surface area contributed by atoms with Gasteiger partial charge in [0, 0.05) is 38.2 Å². The van der Waals surface area contributed by atoms with Crippen LogP contribution in [0.1, 0.15) is 25.0 Å². The quantitative estimate of drug-likeness (QED) is 0.199. The zero-order chi connectivity index (χ0) is 28.4. The van der Waals surface area contributed by atoms with E-state index in [0.29, 0.717) is 0 Å². The van der Waals surface area contributed by atoms with Crippen LogP contribution in [0.5, 0.6) is 0 Å². The SMILES string of the molecule is CC1(C)c2ccccc2-c2c3c1cccc3cc1c3cc4ccccc4cc3n(-c3ccc4oc5ccccc5c4c3)c21. The zero-order valence-electron chi connectivity index (χ0n) is 24.0. The lowest BCUT2D eigenvalue weighted by molar-refractivity contribution is 0.645. The average molecular weight is 550 g/mol. The van der Waals surface area contributed by atoms with Crippen LogP contribution in [-0.2, 0) is 5.41 Å². The Labute approximate surface area is 248 Å². The number of benzene rings is 7. The third-order valence-corrected chi connectivity index (χ3v) is 9.92. The van der Waals surface area contributed by atoms with Gasteiger partial charge in [0.1, 0.15) is 11.2 Å². The molecule has 2 heteroatoms. The molecule has 2 nitrogen and oxygen atoms in total. The average Bonchev–Trinajstić information content (AvgIpc) is 3.56. The molecule has 0 saturated heterocycles. The van der Waals surface area contributed by atoms with Crippen LogP contribution in [0.25, 0.3) is 82.1 Å². The predicted octanol–water partition coefficient (Wildman–Crippen LogP) is 11.3. The molecule has 7 aromatic carbocycles. The van der Waals surface area contributed by atoms with Crippen molar-refractivity contribution in [3.05, 3.63) is 139 Å². The van der Waals surface area contributed by atoms with Crippen molar-refractivity contribution in [3.63, 3.8) is 0 Å². The summed E-state index contributed by atoms with van der Waals surface area (Å²) in [5.74, 6) is 0. The molecule has 0 spiro atoms. The lowest BCUT2D eigenvalue weighted by atomic mass is 9.68. The van der Waals surface area contributed by atoms with Crippen molar-refractivity contribution in [2.45, 2.75) is 19.3 Å². The Morgan fingerprint density at radius 1 is 0.535 bits per heavy atom. The number of hydrogen-bond donors (Lipinski definition) is 0. The standard InChI is InChI=1S/C41H27NO/c1-41(2)33-15-7-5-14-29(33)39-38-26(12-9-16-34(38)41)21-32-30-20-24-10-3-4-11-25(24)22-35(30)42(40(32)39)27-18-19-37-31(23-27)28-13-6-8-17-36(28)43-37/h3-23H,1-2H3. The highest BCUT2D eigenvalue weighted by Gasteiger charge is 2.35. The second-order valence-corrected chi connectivity index (χ2v) is 12.6. The monoisotopic (exact) mass is 549 g/mol. The first-order valence-corrected chi connectivity index (χ1v) is 15.0. The molecule has 0 N–H and O–H groups in total. The number of fused-ring (bicyclic) bond motifs is 10. The maximum atomic E-state index is 6.24. The van der Waals surface area contributed by atoms with Crippen molar-refractivity contribution in [1.82, 2.24) is 4.57 Å². The van der Waals surface area contributed by atoms with Crippen molar-refractivity contribution in [2.24, 2.45) is 0 Å². The van der Waals surface area contributed by atoms with Crippen LogP contribution in [0.4, 0.5) is 0 Å². The van der Waals surface area contributed by atoms with E-state index < -0.39 is 0 Å². The summed E-state index contributed by atoms with van der Waals surface area (Å²) in [6, 6.07) is 46.8. The van der Waals surface area contributed by atoms with Crippen molar-refractivity contribution >= 4 is 65.3 Å². The van der Waals surface area contributed by atoms with E-state index in [-0.39, 0.29) is 5.41 Å². The fraction of sp³-hybridized carbons (Fsp3) is 0.0732. The van der Waals surface area contributed by atoms with E-state index in [2.05, 4.69) is 140 Å². The van der Waals surface area contributed by atoms with Gasteiger partial charge in [0.25, 0.3) is 0 Å². The van der Waals surface area contributed by atoms with Crippen LogP contribution in [0.15, 0.2) is 132 Å². The molecule has 10 rings (SSSR count). The van der Waals surface area contributed by atoms with Gasteiger partial charge in [-0.1, -0.05) is 98.8 Å². The van der Waals surface area contributed by atoms with Crippen LogP contribution in [-0.4, -0.2) is 4.57 Å². The van der Waals surface area contributed by atoms with Crippen LogP contribution >= 0.6 is 0 Å². The van der Waals surface area contributed by atoms with Gasteiger partial charge < -0.3 is 8.98 Å². The highest BCUT2D eigenvalue weighted by molar-refractivity contribution is 6.24. The summed E-state index contributed by atoms with van der Waals surface area (Å²) < 4.78 is 8.76. The number of aromatic nitrogens is 1. The van der Waals surface area contributed by atoms with Gasteiger partial charge in [-0.25, -0.2) is 0 Å². The first kappa shape index (κ1) is 23.2. The van der Waals surface area contributed by atoms with Gasteiger partial charge in [0.2, 0.25) is 0 Å². The molecule has 0 unspecified atom stereocenters. The van der Waals surface area contributed by atoms with Crippen molar-refractivity contribution in [2.75, 3.05) is 0 Å². The van der Waals surface area contributed by atoms with Gasteiger partial charge in [-0.2, -0.15) is 0 Å². The third-order valence-electron chi connectivity index (χ3n) is 9.92. The first-order valence-electron chi connectivity index (χ1n) is 15.0. The second-order valence-electron chi connectivity index (χ2n) is 12.6. The van der Waals surface area contributed by atoms with Gasteiger partial charge in [-0.05, 0) is 80.7 Å². The Balaban J connectivity index is 1.47. The first-order chi connectivity index (χ1) is 21.1. The van der Waals surface area contributed by atoms with E-state index in [4.69, 9.17) is 4.42 Å². The molecule has 0 saturated carbocycles. The largest absolute Gasteiger partial charge is 0.456 e. The van der Waals surface area contributed by atoms with E-state index in [0.717, 1.165) is 27.6 Å². The summed E-state index contributed by atoms with van der Waals surface area (Å²) >= 11 is 0.